The van der Waals surface area contributed by atoms with Crippen LogP contribution in [0.15, 0.2) is 28.7 Å². The standard InChI is InChI=1S/C10H15BrN/c1-12(2,3)8-9-5-4-6-10(11)7-9/h4-7H,8H2,1-3H3/q+1. The maximum Gasteiger partial charge on any atom is 0.104 e. The zero-order chi connectivity index (χ0) is 9.19. The molecule has 0 aliphatic carbocycles. The highest BCUT2D eigenvalue weighted by molar-refractivity contribution is 9.10. The van der Waals surface area contributed by atoms with Gasteiger partial charge in [0.15, 0.2) is 0 Å². The maximum atomic E-state index is 3.46. The van der Waals surface area contributed by atoms with Gasteiger partial charge in [0.2, 0.25) is 0 Å². The van der Waals surface area contributed by atoms with Crippen LogP contribution in [-0.2, 0) is 6.54 Å². The quantitative estimate of drug-likeness (QED) is 0.684. The lowest BCUT2D eigenvalue weighted by Crippen LogP contribution is -2.33. The highest BCUT2D eigenvalue weighted by atomic mass is 79.9. The zero-order valence-corrected chi connectivity index (χ0v) is 9.43. The van der Waals surface area contributed by atoms with E-state index in [1.54, 1.807) is 0 Å². The first-order valence-corrected chi connectivity index (χ1v) is 4.81. The van der Waals surface area contributed by atoms with Crippen molar-refractivity contribution in [2.24, 2.45) is 0 Å². The Kier molecular flexibility index (Phi) is 2.91. The van der Waals surface area contributed by atoms with Gasteiger partial charge in [-0.3, -0.25) is 0 Å². The second-order valence-corrected chi connectivity index (χ2v) is 4.99. The van der Waals surface area contributed by atoms with Gasteiger partial charge in [-0.15, -0.1) is 0 Å². The summed E-state index contributed by atoms with van der Waals surface area (Å²) in [6.45, 7) is 1.07. The second-order valence-electron chi connectivity index (χ2n) is 4.08. The Balaban J connectivity index is 2.77. The largest absolute Gasteiger partial charge is 0.327 e. The van der Waals surface area contributed by atoms with Gasteiger partial charge < -0.3 is 4.48 Å². The Morgan fingerprint density at radius 1 is 1.25 bits per heavy atom. The van der Waals surface area contributed by atoms with Crippen molar-refractivity contribution in [3.05, 3.63) is 34.3 Å². The minimum absolute atomic E-state index is 0.969. The van der Waals surface area contributed by atoms with Crippen LogP contribution in [0.5, 0.6) is 0 Å². The van der Waals surface area contributed by atoms with Crippen LogP contribution in [0.3, 0.4) is 0 Å². The Labute approximate surface area is 82.7 Å². The summed E-state index contributed by atoms with van der Waals surface area (Å²) in [5.41, 5.74) is 1.37. The number of rotatable bonds is 2. The van der Waals surface area contributed by atoms with Crippen molar-refractivity contribution >= 4 is 15.9 Å². The summed E-state index contributed by atoms with van der Waals surface area (Å²) in [6.07, 6.45) is 0. The summed E-state index contributed by atoms with van der Waals surface area (Å²) < 4.78 is 2.13. The molecule has 0 aliphatic heterocycles. The summed E-state index contributed by atoms with van der Waals surface area (Å²) >= 11 is 3.46. The number of hydrogen-bond donors (Lipinski definition) is 0. The molecule has 0 aliphatic rings. The molecule has 0 bridgehead atoms. The minimum Gasteiger partial charge on any atom is -0.327 e. The smallest absolute Gasteiger partial charge is 0.104 e. The van der Waals surface area contributed by atoms with Gasteiger partial charge in [-0.2, -0.15) is 0 Å². The van der Waals surface area contributed by atoms with Gasteiger partial charge >= 0.3 is 0 Å². The molecule has 1 aromatic rings. The Morgan fingerprint density at radius 2 is 1.92 bits per heavy atom. The molecule has 66 valence electrons. The topological polar surface area (TPSA) is 0 Å². The molecule has 1 nitrogen and oxygen atoms in total. The van der Waals surface area contributed by atoms with Crippen molar-refractivity contribution in [3.8, 4) is 0 Å². The highest BCUT2D eigenvalue weighted by Crippen LogP contribution is 2.13. The van der Waals surface area contributed by atoms with E-state index in [1.165, 1.54) is 5.56 Å². The van der Waals surface area contributed by atoms with Gasteiger partial charge in [-0.1, -0.05) is 28.1 Å². The lowest BCUT2D eigenvalue weighted by Gasteiger charge is -2.23. The van der Waals surface area contributed by atoms with E-state index >= 15 is 0 Å². The highest BCUT2D eigenvalue weighted by Gasteiger charge is 2.07. The summed E-state index contributed by atoms with van der Waals surface area (Å²) in [5, 5.41) is 0. The fraction of sp³-hybridized carbons (Fsp3) is 0.400. The average Bonchev–Trinajstić information content (AvgIpc) is 1.82. The molecule has 0 atom stereocenters. The number of hydrogen-bond acceptors (Lipinski definition) is 0. The SMILES string of the molecule is C[N+](C)(C)Cc1cccc(Br)c1. The van der Waals surface area contributed by atoms with Crippen LogP contribution in [-0.4, -0.2) is 25.6 Å². The summed E-state index contributed by atoms with van der Waals surface area (Å²) in [4.78, 5) is 0. The summed E-state index contributed by atoms with van der Waals surface area (Å²) in [5.74, 6) is 0. The molecule has 2 heteroatoms. The number of quaternary nitrogens is 1. The first kappa shape index (κ1) is 9.75. The fourth-order valence-corrected chi connectivity index (χ4v) is 1.63. The molecule has 0 saturated heterocycles. The third-order valence-corrected chi connectivity index (χ3v) is 2.04. The molecule has 1 aromatic carbocycles. The summed E-state index contributed by atoms with van der Waals surface area (Å²) in [6, 6.07) is 8.46. The summed E-state index contributed by atoms with van der Waals surface area (Å²) in [7, 11) is 6.59. The molecule has 0 radical (unpaired) electrons. The molecule has 0 heterocycles. The minimum atomic E-state index is 0.969. The maximum absolute atomic E-state index is 3.46. The van der Waals surface area contributed by atoms with E-state index in [4.69, 9.17) is 0 Å². The monoisotopic (exact) mass is 228 g/mol. The Hall–Kier alpha value is -0.340. The predicted octanol–water partition coefficient (Wildman–Crippen LogP) is 2.66. The Bertz CT molecular complexity index is 263. The molecular weight excluding hydrogens is 214 g/mol. The van der Waals surface area contributed by atoms with Gasteiger partial charge in [0.25, 0.3) is 0 Å². The lowest BCUT2D eigenvalue weighted by atomic mass is 10.2. The van der Waals surface area contributed by atoms with Crippen LogP contribution in [0.25, 0.3) is 0 Å². The van der Waals surface area contributed by atoms with Gasteiger partial charge in [-0.05, 0) is 12.1 Å². The second kappa shape index (κ2) is 3.58. The molecule has 0 amide bonds. The molecule has 0 unspecified atom stereocenters. The normalized spacial score (nSPS) is 11.7. The van der Waals surface area contributed by atoms with Crippen LogP contribution in [0.2, 0.25) is 0 Å². The van der Waals surface area contributed by atoms with Crippen LogP contribution < -0.4 is 0 Å². The van der Waals surface area contributed by atoms with Crippen LogP contribution in [0, 0.1) is 0 Å². The number of benzene rings is 1. The predicted molar refractivity (Wildman–Crippen MR) is 55.9 cm³/mol. The van der Waals surface area contributed by atoms with E-state index in [1.807, 2.05) is 0 Å². The third-order valence-electron chi connectivity index (χ3n) is 1.55. The molecule has 1 rings (SSSR count). The molecule has 0 spiro atoms. The van der Waals surface area contributed by atoms with E-state index in [2.05, 4.69) is 61.3 Å². The van der Waals surface area contributed by atoms with Crippen molar-refractivity contribution in [2.45, 2.75) is 6.54 Å². The van der Waals surface area contributed by atoms with Gasteiger partial charge in [0, 0.05) is 10.0 Å². The first-order chi connectivity index (χ1) is 5.47. The molecule has 0 aromatic heterocycles. The van der Waals surface area contributed by atoms with Crippen molar-refractivity contribution < 1.29 is 4.48 Å². The first-order valence-electron chi connectivity index (χ1n) is 4.02. The van der Waals surface area contributed by atoms with Crippen molar-refractivity contribution in [1.82, 2.24) is 0 Å². The van der Waals surface area contributed by atoms with E-state index in [9.17, 15) is 0 Å². The molecular formula is C10H15BrN+. The molecule has 0 saturated carbocycles. The van der Waals surface area contributed by atoms with Crippen molar-refractivity contribution in [3.63, 3.8) is 0 Å². The molecule has 0 fully saturated rings. The van der Waals surface area contributed by atoms with E-state index in [-0.39, 0.29) is 0 Å². The van der Waals surface area contributed by atoms with E-state index in [0.717, 1.165) is 15.5 Å². The lowest BCUT2D eigenvalue weighted by molar-refractivity contribution is -0.884. The van der Waals surface area contributed by atoms with Crippen molar-refractivity contribution in [2.75, 3.05) is 21.1 Å². The van der Waals surface area contributed by atoms with Gasteiger partial charge in [0.05, 0.1) is 21.1 Å². The molecule has 0 N–H and O–H groups in total. The van der Waals surface area contributed by atoms with Crippen LogP contribution in [0.4, 0.5) is 0 Å². The van der Waals surface area contributed by atoms with Crippen molar-refractivity contribution in [1.29, 1.82) is 0 Å². The average molecular weight is 229 g/mol. The third kappa shape index (κ3) is 3.37. The fourth-order valence-electron chi connectivity index (χ4n) is 1.18. The van der Waals surface area contributed by atoms with Crippen LogP contribution >= 0.6 is 15.9 Å². The number of halogens is 1. The molecule has 12 heavy (non-hydrogen) atoms. The van der Waals surface area contributed by atoms with Crippen LogP contribution in [0.1, 0.15) is 5.56 Å². The number of nitrogens with zero attached hydrogens (tertiary/aromatic N) is 1. The zero-order valence-electron chi connectivity index (χ0n) is 7.84. The van der Waals surface area contributed by atoms with E-state index in [0.29, 0.717) is 0 Å². The van der Waals surface area contributed by atoms with Gasteiger partial charge in [-0.25, -0.2) is 0 Å². The van der Waals surface area contributed by atoms with Gasteiger partial charge in [0.1, 0.15) is 6.54 Å². The Morgan fingerprint density at radius 3 is 2.42 bits per heavy atom. The van der Waals surface area contributed by atoms with E-state index < -0.39 is 0 Å².